The standard InChI is InChI=1S/C23H30N4O/c1-25-26-21(24)15-12-27(13-15)20(28)11-23(16-5-3-2-4-6-16)18-8-14-7-17-9-19(23)22(17,18)10-14/h2-6,14-15,17-19,25H,7-13H2,1H3,(H2,24,26). The Labute approximate surface area is 166 Å². The minimum absolute atomic E-state index is 0.0830. The third-order valence-electron chi connectivity index (χ3n) is 9.30. The van der Waals surface area contributed by atoms with E-state index >= 15 is 0 Å². The Morgan fingerprint density at radius 3 is 2.68 bits per heavy atom. The predicted molar refractivity (Wildman–Crippen MR) is 108 cm³/mol. The first-order chi connectivity index (χ1) is 13.6. The van der Waals surface area contributed by atoms with Gasteiger partial charge in [0.15, 0.2) is 0 Å². The maximum Gasteiger partial charge on any atom is 0.223 e. The van der Waals surface area contributed by atoms with E-state index in [1.807, 2.05) is 4.90 Å². The lowest BCUT2D eigenvalue weighted by molar-refractivity contribution is -0.251. The van der Waals surface area contributed by atoms with Gasteiger partial charge in [0.1, 0.15) is 5.84 Å². The number of hydrogen-bond donors (Lipinski definition) is 2. The van der Waals surface area contributed by atoms with Crippen molar-refractivity contribution in [1.29, 1.82) is 0 Å². The molecule has 5 heteroatoms. The van der Waals surface area contributed by atoms with Crippen molar-refractivity contribution in [2.45, 2.75) is 37.5 Å². The predicted octanol–water partition coefficient (Wildman–Crippen LogP) is 2.33. The smallest absolute Gasteiger partial charge is 0.223 e. The Bertz CT molecular complexity index is 847. The molecule has 4 saturated carbocycles. The van der Waals surface area contributed by atoms with Gasteiger partial charge in [-0.1, -0.05) is 30.3 Å². The highest BCUT2D eigenvalue weighted by molar-refractivity contribution is 5.87. The molecule has 5 aliphatic rings. The number of hydrazone groups is 1. The van der Waals surface area contributed by atoms with E-state index in [1.54, 1.807) is 7.05 Å². The first-order valence-electron chi connectivity index (χ1n) is 10.9. The van der Waals surface area contributed by atoms with Crippen molar-refractivity contribution in [3.8, 4) is 0 Å². The number of amidine groups is 1. The molecule has 1 amide bonds. The molecule has 28 heavy (non-hydrogen) atoms. The summed E-state index contributed by atoms with van der Waals surface area (Å²) in [7, 11) is 1.76. The summed E-state index contributed by atoms with van der Waals surface area (Å²) in [6.45, 7) is 1.43. The number of nitrogens with one attached hydrogen (secondary N) is 1. The molecule has 1 aromatic carbocycles. The monoisotopic (exact) mass is 378 g/mol. The molecule has 4 aliphatic carbocycles. The number of benzene rings is 1. The third-order valence-corrected chi connectivity index (χ3v) is 9.30. The van der Waals surface area contributed by atoms with Crippen molar-refractivity contribution in [2.24, 2.45) is 45.8 Å². The highest BCUT2D eigenvalue weighted by Gasteiger charge is 2.83. The first kappa shape index (κ1) is 16.9. The van der Waals surface area contributed by atoms with Crippen molar-refractivity contribution in [3.05, 3.63) is 35.9 Å². The minimum Gasteiger partial charge on any atom is -0.385 e. The zero-order valence-electron chi connectivity index (χ0n) is 16.6. The third kappa shape index (κ3) is 1.84. The highest BCUT2D eigenvalue weighted by Crippen LogP contribution is 2.87. The van der Waals surface area contributed by atoms with E-state index in [1.165, 1.54) is 31.2 Å². The van der Waals surface area contributed by atoms with Crippen LogP contribution < -0.4 is 11.2 Å². The van der Waals surface area contributed by atoms with Gasteiger partial charge < -0.3 is 16.1 Å². The summed E-state index contributed by atoms with van der Waals surface area (Å²) in [6, 6.07) is 11.0. The Morgan fingerprint density at radius 1 is 1.21 bits per heavy atom. The van der Waals surface area contributed by atoms with Crippen LogP contribution in [0.2, 0.25) is 0 Å². The summed E-state index contributed by atoms with van der Waals surface area (Å²) >= 11 is 0. The van der Waals surface area contributed by atoms with E-state index in [9.17, 15) is 4.79 Å². The average molecular weight is 379 g/mol. The lowest BCUT2D eigenvalue weighted by atomic mass is 9.26. The fraction of sp³-hybridized carbons (Fsp3) is 0.652. The number of amides is 1. The maximum atomic E-state index is 13.3. The fourth-order valence-electron chi connectivity index (χ4n) is 8.34. The Hall–Kier alpha value is -2.04. The number of nitrogens with two attached hydrogens (primary N) is 1. The number of carbonyl (C=O) groups excluding carboxylic acids is 1. The minimum atomic E-state index is 0.0830. The van der Waals surface area contributed by atoms with Crippen molar-refractivity contribution in [3.63, 3.8) is 0 Å². The molecule has 1 heterocycles. The van der Waals surface area contributed by atoms with E-state index < -0.39 is 0 Å². The lowest BCUT2D eigenvalue weighted by Crippen LogP contribution is -2.75. The Kier molecular flexibility index (Phi) is 3.33. The maximum absolute atomic E-state index is 13.3. The quantitative estimate of drug-likeness (QED) is 0.469. The van der Waals surface area contributed by atoms with Gasteiger partial charge in [-0.2, -0.15) is 5.10 Å². The first-order valence-corrected chi connectivity index (χ1v) is 10.9. The number of likely N-dealkylation sites (tertiary alicyclic amines) is 1. The highest BCUT2D eigenvalue weighted by atomic mass is 16.2. The zero-order chi connectivity index (χ0) is 19.1. The van der Waals surface area contributed by atoms with Crippen LogP contribution in [0.4, 0.5) is 0 Å². The largest absolute Gasteiger partial charge is 0.385 e. The van der Waals surface area contributed by atoms with Gasteiger partial charge in [-0.05, 0) is 60.3 Å². The topological polar surface area (TPSA) is 70.7 Å². The number of hydrogen-bond acceptors (Lipinski definition) is 3. The molecule has 1 saturated heterocycles. The van der Waals surface area contributed by atoms with Crippen LogP contribution in [0.3, 0.4) is 0 Å². The normalized spacial score (nSPS) is 43.0. The van der Waals surface area contributed by atoms with Crippen molar-refractivity contribution in [1.82, 2.24) is 10.3 Å². The second kappa shape index (κ2) is 5.52. The van der Waals surface area contributed by atoms with Crippen LogP contribution in [0.1, 0.15) is 37.7 Å². The molecule has 1 aliphatic heterocycles. The van der Waals surface area contributed by atoms with Crippen LogP contribution >= 0.6 is 0 Å². The summed E-state index contributed by atoms with van der Waals surface area (Å²) in [6.07, 6.45) is 6.28. The van der Waals surface area contributed by atoms with Gasteiger partial charge in [0.05, 0.1) is 5.92 Å². The summed E-state index contributed by atoms with van der Waals surface area (Å²) in [4.78, 5) is 15.3. The molecule has 6 unspecified atom stereocenters. The van der Waals surface area contributed by atoms with Gasteiger partial charge in [-0.3, -0.25) is 4.79 Å². The van der Waals surface area contributed by atoms with Crippen LogP contribution in [0.15, 0.2) is 35.4 Å². The Balaban J connectivity index is 1.26. The van der Waals surface area contributed by atoms with E-state index in [4.69, 9.17) is 5.73 Å². The molecule has 3 N–H and O–H groups in total. The molecule has 148 valence electrons. The summed E-state index contributed by atoms with van der Waals surface area (Å²) < 4.78 is 0. The van der Waals surface area contributed by atoms with E-state index in [-0.39, 0.29) is 11.3 Å². The van der Waals surface area contributed by atoms with E-state index in [0.717, 1.165) is 23.7 Å². The molecule has 0 radical (unpaired) electrons. The van der Waals surface area contributed by atoms with Crippen molar-refractivity contribution in [2.75, 3.05) is 20.1 Å². The molecule has 0 aromatic heterocycles. The van der Waals surface area contributed by atoms with Crippen LogP contribution in [0, 0.1) is 35.0 Å². The number of fused-ring (bicyclic) bond motifs is 1. The van der Waals surface area contributed by atoms with Crippen LogP contribution in [-0.4, -0.2) is 36.8 Å². The van der Waals surface area contributed by atoms with Gasteiger partial charge in [-0.25, -0.2) is 0 Å². The summed E-state index contributed by atoms with van der Waals surface area (Å²) in [5.41, 5.74) is 10.8. The van der Waals surface area contributed by atoms with Crippen molar-refractivity contribution < 1.29 is 4.79 Å². The van der Waals surface area contributed by atoms with Crippen LogP contribution in [0.5, 0.6) is 0 Å². The van der Waals surface area contributed by atoms with Gasteiger partial charge in [0, 0.05) is 32.0 Å². The van der Waals surface area contributed by atoms with Crippen LogP contribution in [0.25, 0.3) is 0 Å². The molecular weight excluding hydrogens is 348 g/mol. The van der Waals surface area contributed by atoms with Crippen LogP contribution in [-0.2, 0) is 10.2 Å². The Morgan fingerprint density at radius 2 is 1.96 bits per heavy atom. The SMILES string of the molecule is CN/N=C(\N)C1CN(C(=O)CC2(c3ccccc3)C3CC4CC5CC2C53C4)C1. The number of nitrogens with zero attached hydrogens (tertiary/aromatic N) is 2. The molecule has 5 nitrogen and oxygen atoms in total. The zero-order valence-corrected chi connectivity index (χ0v) is 16.6. The number of rotatable bonds is 5. The second-order valence-electron chi connectivity index (χ2n) is 10.0. The second-order valence-corrected chi connectivity index (χ2v) is 10.0. The average Bonchev–Trinajstić information content (AvgIpc) is 3.16. The van der Waals surface area contributed by atoms with Gasteiger partial charge >= 0.3 is 0 Å². The molecule has 6 atom stereocenters. The number of carbonyl (C=O) groups is 1. The molecule has 6 rings (SSSR count). The van der Waals surface area contributed by atoms with Crippen molar-refractivity contribution >= 4 is 11.7 Å². The molecule has 1 spiro atoms. The summed E-state index contributed by atoms with van der Waals surface area (Å²) in [5, 5.41) is 4.08. The summed E-state index contributed by atoms with van der Waals surface area (Å²) in [5.74, 6) is 4.46. The van der Waals surface area contributed by atoms with Gasteiger partial charge in [-0.15, -0.1) is 0 Å². The molecule has 5 fully saturated rings. The van der Waals surface area contributed by atoms with E-state index in [0.29, 0.717) is 36.7 Å². The van der Waals surface area contributed by atoms with Gasteiger partial charge in [0.25, 0.3) is 0 Å². The molecule has 2 bridgehead atoms. The van der Waals surface area contributed by atoms with Gasteiger partial charge in [0.2, 0.25) is 5.91 Å². The van der Waals surface area contributed by atoms with E-state index in [2.05, 4.69) is 40.9 Å². The fourth-order valence-corrected chi connectivity index (χ4v) is 8.34. The molecule has 1 aromatic rings. The lowest BCUT2D eigenvalue weighted by Gasteiger charge is -2.77. The molecular formula is C23H30N4O.